The van der Waals surface area contributed by atoms with Crippen LogP contribution in [0.5, 0.6) is 0 Å². The summed E-state index contributed by atoms with van der Waals surface area (Å²) in [5, 5.41) is 7.57. The lowest BCUT2D eigenvalue weighted by Crippen LogP contribution is -2.48. The molecule has 1 atom stereocenters. The molecule has 1 aromatic rings. The number of nitrogens with zero attached hydrogens (tertiary/aromatic N) is 4. The maximum absolute atomic E-state index is 12.3. The molecule has 1 aromatic heterocycles. The van der Waals surface area contributed by atoms with E-state index in [9.17, 15) is 4.79 Å². The second-order valence-electron chi connectivity index (χ2n) is 6.14. The second-order valence-corrected chi connectivity index (χ2v) is 6.14. The number of nitrogens with one attached hydrogen (secondary N) is 1. The van der Waals surface area contributed by atoms with Crippen molar-refractivity contribution in [2.24, 2.45) is 13.0 Å². The number of carbonyl (C=O) groups is 1. The van der Waals surface area contributed by atoms with Crippen LogP contribution >= 0.6 is 24.8 Å². The van der Waals surface area contributed by atoms with Crippen molar-refractivity contribution in [3.8, 4) is 0 Å². The van der Waals surface area contributed by atoms with Crippen LogP contribution in [0.15, 0.2) is 12.4 Å². The second kappa shape index (κ2) is 9.35. The van der Waals surface area contributed by atoms with Gasteiger partial charge in [0.1, 0.15) is 0 Å². The fourth-order valence-electron chi connectivity index (χ4n) is 3.23. The summed E-state index contributed by atoms with van der Waals surface area (Å²) < 4.78 is 1.82. The third kappa shape index (κ3) is 5.26. The zero-order chi connectivity index (χ0) is 14.7. The molecule has 0 aliphatic carbocycles. The van der Waals surface area contributed by atoms with E-state index in [1.807, 2.05) is 29.0 Å². The monoisotopic (exact) mass is 363 g/mol. The summed E-state index contributed by atoms with van der Waals surface area (Å²) in [5.41, 5.74) is 1.15. The Kier molecular flexibility index (Phi) is 8.16. The highest BCUT2D eigenvalue weighted by molar-refractivity contribution is 5.85. The molecule has 1 N–H and O–H groups in total. The highest BCUT2D eigenvalue weighted by Gasteiger charge is 2.23. The van der Waals surface area contributed by atoms with Gasteiger partial charge in [0, 0.05) is 45.8 Å². The number of amides is 1. The van der Waals surface area contributed by atoms with Gasteiger partial charge in [0.15, 0.2) is 0 Å². The Morgan fingerprint density at radius 2 is 2.04 bits per heavy atom. The van der Waals surface area contributed by atoms with Crippen molar-refractivity contribution in [3.63, 3.8) is 0 Å². The van der Waals surface area contributed by atoms with Gasteiger partial charge in [-0.3, -0.25) is 9.48 Å². The van der Waals surface area contributed by atoms with E-state index >= 15 is 0 Å². The fourth-order valence-corrected chi connectivity index (χ4v) is 3.23. The van der Waals surface area contributed by atoms with E-state index in [1.165, 1.54) is 6.42 Å². The highest BCUT2D eigenvalue weighted by atomic mass is 35.5. The molecule has 23 heavy (non-hydrogen) atoms. The van der Waals surface area contributed by atoms with Gasteiger partial charge < -0.3 is 15.1 Å². The summed E-state index contributed by atoms with van der Waals surface area (Å²) in [6, 6.07) is 0. The van der Waals surface area contributed by atoms with E-state index in [0.717, 1.165) is 51.4 Å². The molecule has 1 amide bonds. The third-order valence-corrected chi connectivity index (χ3v) is 4.62. The predicted octanol–water partition coefficient (Wildman–Crippen LogP) is 1.30. The number of carbonyl (C=O) groups excluding carboxylic acids is 1. The first kappa shape index (κ1) is 20.1. The number of piperazine rings is 1. The highest BCUT2D eigenvalue weighted by Crippen LogP contribution is 2.18. The number of rotatable bonds is 4. The van der Waals surface area contributed by atoms with Gasteiger partial charge in [0.25, 0.3) is 0 Å². The average molecular weight is 364 g/mol. The van der Waals surface area contributed by atoms with Gasteiger partial charge in [-0.2, -0.15) is 5.10 Å². The van der Waals surface area contributed by atoms with Crippen LogP contribution in [-0.2, 0) is 11.8 Å². The molecule has 3 heterocycles. The van der Waals surface area contributed by atoms with Gasteiger partial charge in [-0.1, -0.05) is 0 Å². The lowest BCUT2D eigenvalue weighted by Gasteiger charge is -2.35. The van der Waals surface area contributed by atoms with Crippen LogP contribution < -0.4 is 10.2 Å². The van der Waals surface area contributed by atoms with E-state index in [0.29, 0.717) is 18.2 Å². The molecule has 1 unspecified atom stereocenters. The van der Waals surface area contributed by atoms with E-state index in [1.54, 1.807) is 0 Å². The van der Waals surface area contributed by atoms with Gasteiger partial charge in [0.05, 0.1) is 11.9 Å². The Bertz CT molecular complexity index is 482. The van der Waals surface area contributed by atoms with Crippen LogP contribution in [0.4, 0.5) is 5.69 Å². The van der Waals surface area contributed by atoms with Gasteiger partial charge in [-0.25, -0.2) is 0 Å². The van der Waals surface area contributed by atoms with Crippen LogP contribution in [0.1, 0.15) is 19.3 Å². The van der Waals surface area contributed by atoms with E-state index in [4.69, 9.17) is 0 Å². The van der Waals surface area contributed by atoms with Crippen LogP contribution in [-0.4, -0.2) is 59.9 Å². The fraction of sp³-hybridized carbons (Fsp3) is 0.733. The number of anilines is 1. The third-order valence-electron chi connectivity index (χ3n) is 4.62. The zero-order valence-corrected chi connectivity index (χ0v) is 15.2. The summed E-state index contributed by atoms with van der Waals surface area (Å²) in [5.74, 6) is 1.03. The number of hydrogen-bond acceptors (Lipinski definition) is 4. The molecular formula is C15H27Cl2N5O. The van der Waals surface area contributed by atoms with Crippen LogP contribution in [0, 0.1) is 5.92 Å². The van der Waals surface area contributed by atoms with Crippen molar-refractivity contribution in [1.29, 1.82) is 0 Å². The molecule has 2 aliphatic rings. The first-order valence-electron chi connectivity index (χ1n) is 7.94. The molecule has 2 fully saturated rings. The molecule has 6 nitrogen and oxygen atoms in total. The molecule has 132 valence electrons. The first-order chi connectivity index (χ1) is 10.2. The Morgan fingerprint density at radius 3 is 2.61 bits per heavy atom. The lowest BCUT2D eigenvalue weighted by atomic mass is 10.0. The Balaban J connectivity index is 0.00000132. The molecule has 0 bridgehead atoms. The molecule has 0 saturated carbocycles. The summed E-state index contributed by atoms with van der Waals surface area (Å²) >= 11 is 0. The SMILES string of the molecule is Cl.Cl.Cn1cc(N2CCN(C(=O)CCC3CCNC3)CC2)cn1. The normalized spacial score (nSPS) is 20.8. The topological polar surface area (TPSA) is 53.4 Å². The maximum Gasteiger partial charge on any atom is 0.222 e. The minimum absolute atomic E-state index is 0. The van der Waals surface area contributed by atoms with E-state index in [-0.39, 0.29) is 24.8 Å². The molecule has 0 aromatic carbocycles. The first-order valence-corrected chi connectivity index (χ1v) is 7.94. The number of hydrogen-bond donors (Lipinski definition) is 1. The minimum atomic E-state index is 0. The van der Waals surface area contributed by atoms with Crippen molar-refractivity contribution in [1.82, 2.24) is 20.0 Å². The molecule has 2 aliphatic heterocycles. The van der Waals surface area contributed by atoms with Crippen LogP contribution in [0.3, 0.4) is 0 Å². The van der Waals surface area contributed by atoms with Gasteiger partial charge >= 0.3 is 0 Å². The van der Waals surface area contributed by atoms with E-state index in [2.05, 4.69) is 15.3 Å². The average Bonchev–Trinajstić information content (AvgIpc) is 3.16. The Labute approximate surface area is 150 Å². The molecule has 0 spiro atoms. The zero-order valence-electron chi connectivity index (χ0n) is 13.6. The van der Waals surface area contributed by atoms with Crippen molar-refractivity contribution < 1.29 is 4.79 Å². The van der Waals surface area contributed by atoms with Crippen LogP contribution in [0.2, 0.25) is 0 Å². The predicted molar refractivity (Wildman–Crippen MR) is 96.7 cm³/mol. The minimum Gasteiger partial charge on any atom is -0.365 e. The number of halogens is 2. The maximum atomic E-state index is 12.3. The lowest BCUT2D eigenvalue weighted by molar-refractivity contribution is -0.131. The van der Waals surface area contributed by atoms with E-state index < -0.39 is 0 Å². The van der Waals surface area contributed by atoms with Gasteiger partial charge in [0.2, 0.25) is 5.91 Å². The molecular weight excluding hydrogens is 337 g/mol. The van der Waals surface area contributed by atoms with Gasteiger partial charge in [-0.05, 0) is 31.8 Å². The Hall–Kier alpha value is -0.980. The summed E-state index contributed by atoms with van der Waals surface area (Å²) in [6.45, 7) is 5.67. The van der Waals surface area contributed by atoms with Crippen molar-refractivity contribution >= 4 is 36.4 Å². The summed E-state index contributed by atoms with van der Waals surface area (Å²) in [7, 11) is 1.93. The smallest absolute Gasteiger partial charge is 0.222 e. The van der Waals surface area contributed by atoms with Gasteiger partial charge in [-0.15, -0.1) is 24.8 Å². The molecule has 3 rings (SSSR count). The van der Waals surface area contributed by atoms with Crippen molar-refractivity contribution in [2.75, 3.05) is 44.2 Å². The molecule has 2 saturated heterocycles. The largest absolute Gasteiger partial charge is 0.365 e. The quantitative estimate of drug-likeness (QED) is 0.875. The van der Waals surface area contributed by atoms with Crippen LogP contribution in [0.25, 0.3) is 0 Å². The Morgan fingerprint density at radius 1 is 1.30 bits per heavy atom. The summed E-state index contributed by atoms with van der Waals surface area (Å²) in [6.07, 6.45) is 6.89. The van der Waals surface area contributed by atoms with Crippen molar-refractivity contribution in [2.45, 2.75) is 19.3 Å². The molecule has 0 radical (unpaired) electrons. The van der Waals surface area contributed by atoms with Crippen molar-refractivity contribution in [3.05, 3.63) is 12.4 Å². The standard InChI is InChI=1S/C15H25N5O.2ClH/c1-18-12-14(11-17-18)19-6-8-20(9-7-19)15(21)3-2-13-4-5-16-10-13;;/h11-13,16H,2-10H2,1H3;2*1H. The summed E-state index contributed by atoms with van der Waals surface area (Å²) in [4.78, 5) is 16.6. The molecule has 8 heteroatoms. The number of aromatic nitrogens is 2. The number of aryl methyl sites for hydroxylation is 1.